The Balaban J connectivity index is 1.37. The summed E-state index contributed by atoms with van der Waals surface area (Å²) in [5.41, 5.74) is 1.14. The standard InChI is InChI=1S/C20H31ClN4O/c1-2-8-23-9-6-18(7-10-23)22-16-20(26)25-13-11-24(12-14-25)19-5-3-4-17(21)15-19/h3-5,15,18,22H,2,6-14,16H2,1H3. The molecule has 0 aromatic heterocycles. The maximum atomic E-state index is 12.5. The van der Waals surface area contributed by atoms with E-state index in [1.54, 1.807) is 0 Å². The van der Waals surface area contributed by atoms with Gasteiger partial charge in [0.05, 0.1) is 6.54 Å². The molecular weight excluding hydrogens is 348 g/mol. The van der Waals surface area contributed by atoms with Crippen LogP contribution in [0.1, 0.15) is 26.2 Å². The van der Waals surface area contributed by atoms with Crippen LogP contribution in [0, 0.1) is 0 Å². The lowest BCUT2D eigenvalue weighted by molar-refractivity contribution is -0.130. The molecule has 2 aliphatic rings. The second kappa shape index (κ2) is 9.58. The van der Waals surface area contributed by atoms with E-state index in [-0.39, 0.29) is 5.91 Å². The van der Waals surface area contributed by atoms with E-state index in [0.717, 1.165) is 62.8 Å². The van der Waals surface area contributed by atoms with Crippen LogP contribution in [0.3, 0.4) is 0 Å². The average molecular weight is 379 g/mol. The van der Waals surface area contributed by atoms with Gasteiger partial charge in [0.15, 0.2) is 0 Å². The Morgan fingerprint density at radius 3 is 2.54 bits per heavy atom. The zero-order chi connectivity index (χ0) is 18.4. The van der Waals surface area contributed by atoms with Gasteiger partial charge in [0, 0.05) is 42.9 Å². The van der Waals surface area contributed by atoms with Gasteiger partial charge in [-0.2, -0.15) is 0 Å². The molecule has 2 fully saturated rings. The van der Waals surface area contributed by atoms with E-state index in [1.165, 1.54) is 13.0 Å². The third kappa shape index (κ3) is 5.35. The molecule has 1 N–H and O–H groups in total. The predicted molar refractivity (Wildman–Crippen MR) is 108 cm³/mol. The number of nitrogens with zero attached hydrogens (tertiary/aromatic N) is 3. The summed E-state index contributed by atoms with van der Waals surface area (Å²) in [5, 5.41) is 4.24. The third-order valence-corrected chi connectivity index (χ3v) is 5.71. The molecule has 0 atom stereocenters. The van der Waals surface area contributed by atoms with E-state index in [9.17, 15) is 4.79 Å². The number of carbonyl (C=O) groups excluding carboxylic acids is 1. The molecule has 6 heteroatoms. The Bertz CT molecular complexity index is 581. The summed E-state index contributed by atoms with van der Waals surface area (Å²) >= 11 is 6.08. The molecule has 5 nitrogen and oxygen atoms in total. The summed E-state index contributed by atoms with van der Waals surface area (Å²) in [7, 11) is 0. The van der Waals surface area contributed by atoms with Crippen LogP contribution < -0.4 is 10.2 Å². The minimum Gasteiger partial charge on any atom is -0.368 e. The highest BCUT2D eigenvalue weighted by Crippen LogP contribution is 2.20. The summed E-state index contributed by atoms with van der Waals surface area (Å²) in [6.45, 7) is 9.48. The van der Waals surface area contributed by atoms with Gasteiger partial charge >= 0.3 is 0 Å². The number of piperazine rings is 1. The van der Waals surface area contributed by atoms with Crippen molar-refractivity contribution in [3.8, 4) is 0 Å². The Morgan fingerprint density at radius 2 is 1.88 bits per heavy atom. The number of rotatable bonds is 6. The van der Waals surface area contributed by atoms with Crippen molar-refractivity contribution in [2.75, 3.05) is 57.3 Å². The number of carbonyl (C=O) groups is 1. The number of likely N-dealkylation sites (tertiary alicyclic amines) is 1. The number of amides is 1. The molecule has 1 amide bonds. The maximum absolute atomic E-state index is 12.5. The molecule has 0 bridgehead atoms. The lowest BCUT2D eigenvalue weighted by Gasteiger charge is -2.37. The fourth-order valence-electron chi connectivity index (χ4n) is 3.91. The minimum atomic E-state index is 0.228. The molecule has 0 spiro atoms. The smallest absolute Gasteiger partial charge is 0.236 e. The zero-order valence-electron chi connectivity index (χ0n) is 15.8. The van der Waals surface area contributed by atoms with Gasteiger partial charge in [-0.05, 0) is 57.1 Å². The number of halogens is 1. The molecule has 0 unspecified atom stereocenters. The van der Waals surface area contributed by atoms with Crippen molar-refractivity contribution in [3.05, 3.63) is 29.3 Å². The largest absolute Gasteiger partial charge is 0.368 e. The van der Waals surface area contributed by atoms with Crippen LogP contribution in [-0.4, -0.2) is 74.1 Å². The van der Waals surface area contributed by atoms with Gasteiger partial charge in [0.2, 0.25) is 5.91 Å². The molecule has 0 aliphatic carbocycles. The predicted octanol–water partition coefficient (Wildman–Crippen LogP) is 2.45. The topological polar surface area (TPSA) is 38.8 Å². The molecule has 1 aromatic carbocycles. The van der Waals surface area contributed by atoms with Crippen molar-refractivity contribution in [1.29, 1.82) is 0 Å². The quantitative estimate of drug-likeness (QED) is 0.825. The van der Waals surface area contributed by atoms with Gasteiger partial charge < -0.3 is 20.0 Å². The van der Waals surface area contributed by atoms with E-state index >= 15 is 0 Å². The molecule has 2 saturated heterocycles. The van der Waals surface area contributed by atoms with Crippen LogP contribution in [0.15, 0.2) is 24.3 Å². The number of hydrogen-bond donors (Lipinski definition) is 1. The number of benzene rings is 1. The van der Waals surface area contributed by atoms with E-state index in [0.29, 0.717) is 12.6 Å². The maximum Gasteiger partial charge on any atom is 0.236 e. The lowest BCUT2D eigenvalue weighted by Crippen LogP contribution is -2.52. The van der Waals surface area contributed by atoms with Crippen LogP contribution in [0.25, 0.3) is 0 Å². The van der Waals surface area contributed by atoms with Gasteiger partial charge in [-0.3, -0.25) is 4.79 Å². The SMILES string of the molecule is CCCN1CCC(NCC(=O)N2CCN(c3cccc(Cl)c3)CC2)CC1. The first-order chi connectivity index (χ1) is 12.7. The number of piperidine rings is 1. The van der Waals surface area contributed by atoms with Gasteiger partial charge in [0.1, 0.15) is 0 Å². The van der Waals surface area contributed by atoms with Crippen LogP contribution in [0.2, 0.25) is 5.02 Å². The number of nitrogens with one attached hydrogen (secondary N) is 1. The second-order valence-corrected chi connectivity index (χ2v) is 7.78. The Morgan fingerprint density at radius 1 is 1.15 bits per heavy atom. The van der Waals surface area contributed by atoms with Crippen molar-refractivity contribution in [2.45, 2.75) is 32.2 Å². The van der Waals surface area contributed by atoms with Gasteiger partial charge in [-0.15, -0.1) is 0 Å². The van der Waals surface area contributed by atoms with Gasteiger partial charge in [-0.25, -0.2) is 0 Å². The zero-order valence-corrected chi connectivity index (χ0v) is 16.5. The van der Waals surface area contributed by atoms with Crippen LogP contribution in [0.5, 0.6) is 0 Å². The van der Waals surface area contributed by atoms with E-state index in [4.69, 9.17) is 11.6 Å². The van der Waals surface area contributed by atoms with Crippen LogP contribution >= 0.6 is 11.6 Å². The molecule has 3 rings (SSSR count). The summed E-state index contributed by atoms with van der Waals surface area (Å²) in [6.07, 6.45) is 3.52. The Hall–Kier alpha value is -1.30. The monoisotopic (exact) mass is 378 g/mol. The lowest BCUT2D eigenvalue weighted by atomic mass is 10.0. The summed E-state index contributed by atoms with van der Waals surface area (Å²) in [5.74, 6) is 0.228. The minimum absolute atomic E-state index is 0.228. The molecule has 0 radical (unpaired) electrons. The fraction of sp³-hybridized carbons (Fsp3) is 0.650. The summed E-state index contributed by atoms with van der Waals surface area (Å²) in [6, 6.07) is 8.43. The fourth-order valence-corrected chi connectivity index (χ4v) is 4.09. The van der Waals surface area contributed by atoms with E-state index < -0.39 is 0 Å². The highest BCUT2D eigenvalue weighted by molar-refractivity contribution is 6.30. The first-order valence-electron chi connectivity index (χ1n) is 9.89. The second-order valence-electron chi connectivity index (χ2n) is 7.34. The molecule has 0 saturated carbocycles. The van der Waals surface area contributed by atoms with Crippen molar-refractivity contribution >= 4 is 23.2 Å². The van der Waals surface area contributed by atoms with Crippen molar-refractivity contribution < 1.29 is 4.79 Å². The van der Waals surface area contributed by atoms with Gasteiger partial charge in [-0.1, -0.05) is 24.6 Å². The normalized spacial score (nSPS) is 19.8. The molecule has 1 aromatic rings. The average Bonchev–Trinajstić information content (AvgIpc) is 2.67. The summed E-state index contributed by atoms with van der Waals surface area (Å²) < 4.78 is 0. The molecule has 2 aliphatic heterocycles. The van der Waals surface area contributed by atoms with Crippen molar-refractivity contribution in [2.24, 2.45) is 0 Å². The number of anilines is 1. The van der Waals surface area contributed by atoms with E-state index in [2.05, 4.69) is 28.1 Å². The first-order valence-corrected chi connectivity index (χ1v) is 10.3. The highest BCUT2D eigenvalue weighted by atomic mass is 35.5. The van der Waals surface area contributed by atoms with Crippen LogP contribution in [-0.2, 0) is 4.79 Å². The van der Waals surface area contributed by atoms with Gasteiger partial charge in [0.25, 0.3) is 0 Å². The molecule has 2 heterocycles. The molecular formula is C20H31ClN4O. The molecule has 26 heavy (non-hydrogen) atoms. The Kier molecular flexibility index (Phi) is 7.17. The Labute approximate surface area is 162 Å². The van der Waals surface area contributed by atoms with Crippen LogP contribution in [0.4, 0.5) is 5.69 Å². The first kappa shape index (κ1) is 19.5. The van der Waals surface area contributed by atoms with E-state index in [1.807, 2.05) is 23.1 Å². The van der Waals surface area contributed by atoms with Crippen molar-refractivity contribution in [1.82, 2.24) is 15.1 Å². The number of hydrogen-bond acceptors (Lipinski definition) is 4. The van der Waals surface area contributed by atoms with Crippen molar-refractivity contribution in [3.63, 3.8) is 0 Å². The highest BCUT2D eigenvalue weighted by Gasteiger charge is 2.23. The third-order valence-electron chi connectivity index (χ3n) is 5.48. The molecule has 144 valence electrons. The summed E-state index contributed by atoms with van der Waals surface area (Å²) in [4.78, 5) is 19.3.